The minimum atomic E-state index is -0.220. The molecule has 0 aliphatic heterocycles. The van der Waals surface area contributed by atoms with Crippen LogP contribution in [0.25, 0.3) is 0 Å². The summed E-state index contributed by atoms with van der Waals surface area (Å²) < 4.78 is 12.3. The highest BCUT2D eigenvalue weighted by atomic mass is 16.7. The highest BCUT2D eigenvalue weighted by Gasteiger charge is 2.30. The fraction of sp³-hybridized carbons (Fsp3) is 0.429. The van der Waals surface area contributed by atoms with Gasteiger partial charge in [0.05, 0.1) is 13.2 Å². The Morgan fingerprint density at radius 3 is 1.61 bits per heavy atom. The Balaban J connectivity index is 1.99. The maximum Gasteiger partial charge on any atom is 0.163 e. The van der Waals surface area contributed by atoms with Crippen LogP contribution in [-0.4, -0.2) is 6.29 Å². The van der Waals surface area contributed by atoms with E-state index in [0.717, 1.165) is 12.8 Å². The molecular formula is C21H28O2. The zero-order valence-electron chi connectivity index (χ0n) is 14.5. The third-order valence-electron chi connectivity index (χ3n) is 4.02. The minimum Gasteiger partial charge on any atom is -0.347 e. The second-order valence-corrected chi connectivity index (χ2v) is 6.66. The van der Waals surface area contributed by atoms with Crippen molar-refractivity contribution in [2.45, 2.75) is 53.1 Å². The fourth-order valence-corrected chi connectivity index (χ4v) is 2.75. The van der Waals surface area contributed by atoms with Gasteiger partial charge in [0.1, 0.15) is 0 Å². The highest BCUT2D eigenvalue weighted by Crippen LogP contribution is 2.31. The molecule has 124 valence electrons. The molecule has 0 bridgehead atoms. The second-order valence-electron chi connectivity index (χ2n) is 6.66. The van der Waals surface area contributed by atoms with Crippen molar-refractivity contribution in [2.75, 3.05) is 0 Å². The summed E-state index contributed by atoms with van der Waals surface area (Å²) in [6.07, 6.45) is 1.97. The van der Waals surface area contributed by atoms with Gasteiger partial charge in [0.15, 0.2) is 6.29 Å². The molecule has 0 saturated carbocycles. The van der Waals surface area contributed by atoms with Crippen molar-refractivity contribution in [1.29, 1.82) is 0 Å². The summed E-state index contributed by atoms with van der Waals surface area (Å²) in [5.41, 5.74) is 2.33. The van der Waals surface area contributed by atoms with Crippen molar-refractivity contribution in [1.82, 2.24) is 0 Å². The molecule has 0 spiro atoms. The first kappa shape index (κ1) is 17.7. The molecular weight excluding hydrogens is 284 g/mol. The number of hydrogen-bond donors (Lipinski definition) is 0. The quantitative estimate of drug-likeness (QED) is 0.563. The second kappa shape index (κ2) is 8.85. The molecule has 0 N–H and O–H groups in total. The standard InChI is InChI=1S/C21H28O2/c1-4-15-21(2,3)20(22-16-18-11-7-5-8-12-18)23-17-19-13-9-6-10-14-19/h5-14,20H,4,15-17H2,1-3H3. The van der Waals surface area contributed by atoms with E-state index in [-0.39, 0.29) is 11.7 Å². The maximum atomic E-state index is 6.15. The Kier molecular flexibility index (Phi) is 6.82. The molecule has 0 aliphatic carbocycles. The summed E-state index contributed by atoms with van der Waals surface area (Å²) in [4.78, 5) is 0. The molecule has 0 atom stereocenters. The predicted molar refractivity (Wildman–Crippen MR) is 94.9 cm³/mol. The van der Waals surface area contributed by atoms with Crippen LogP contribution in [0.2, 0.25) is 0 Å². The molecule has 23 heavy (non-hydrogen) atoms. The zero-order valence-corrected chi connectivity index (χ0v) is 14.5. The van der Waals surface area contributed by atoms with Crippen molar-refractivity contribution >= 4 is 0 Å². The van der Waals surface area contributed by atoms with Gasteiger partial charge in [-0.2, -0.15) is 0 Å². The van der Waals surface area contributed by atoms with Gasteiger partial charge in [0, 0.05) is 5.41 Å². The SMILES string of the molecule is CCCC(C)(C)C(OCc1ccccc1)OCc1ccccc1. The third-order valence-corrected chi connectivity index (χ3v) is 4.02. The Morgan fingerprint density at radius 2 is 1.22 bits per heavy atom. The molecule has 0 fully saturated rings. The van der Waals surface area contributed by atoms with Gasteiger partial charge < -0.3 is 9.47 Å². The van der Waals surface area contributed by atoms with E-state index in [9.17, 15) is 0 Å². The molecule has 2 aromatic carbocycles. The largest absolute Gasteiger partial charge is 0.347 e. The Labute approximate surface area is 140 Å². The van der Waals surface area contributed by atoms with Gasteiger partial charge in [0.2, 0.25) is 0 Å². The van der Waals surface area contributed by atoms with Crippen LogP contribution in [0.15, 0.2) is 60.7 Å². The van der Waals surface area contributed by atoms with E-state index in [0.29, 0.717) is 13.2 Å². The van der Waals surface area contributed by atoms with Gasteiger partial charge in [0.25, 0.3) is 0 Å². The third kappa shape index (κ3) is 5.81. The number of rotatable bonds is 9. The van der Waals surface area contributed by atoms with Crippen molar-refractivity contribution < 1.29 is 9.47 Å². The van der Waals surface area contributed by atoms with Gasteiger partial charge in [-0.3, -0.25) is 0 Å². The summed E-state index contributed by atoms with van der Waals surface area (Å²) in [5.74, 6) is 0. The van der Waals surface area contributed by atoms with Crippen LogP contribution in [0.5, 0.6) is 0 Å². The summed E-state index contributed by atoms with van der Waals surface area (Å²) in [5, 5.41) is 0. The lowest BCUT2D eigenvalue weighted by atomic mass is 9.87. The average molecular weight is 312 g/mol. The smallest absolute Gasteiger partial charge is 0.163 e. The van der Waals surface area contributed by atoms with E-state index in [4.69, 9.17) is 9.47 Å². The van der Waals surface area contributed by atoms with Crippen LogP contribution in [0.4, 0.5) is 0 Å². The van der Waals surface area contributed by atoms with Crippen LogP contribution in [0.3, 0.4) is 0 Å². The van der Waals surface area contributed by atoms with E-state index in [1.54, 1.807) is 0 Å². The van der Waals surface area contributed by atoms with Gasteiger partial charge in [-0.1, -0.05) is 87.9 Å². The first-order valence-electron chi connectivity index (χ1n) is 8.43. The van der Waals surface area contributed by atoms with Crippen molar-refractivity contribution in [3.63, 3.8) is 0 Å². The number of hydrogen-bond acceptors (Lipinski definition) is 2. The fourth-order valence-electron chi connectivity index (χ4n) is 2.75. The van der Waals surface area contributed by atoms with Gasteiger partial charge in [-0.15, -0.1) is 0 Å². The van der Waals surface area contributed by atoms with E-state index >= 15 is 0 Å². The van der Waals surface area contributed by atoms with Crippen molar-refractivity contribution in [3.8, 4) is 0 Å². The molecule has 0 heterocycles. The predicted octanol–water partition coefficient (Wildman–Crippen LogP) is 5.57. The average Bonchev–Trinajstić information content (AvgIpc) is 2.56. The topological polar surface area (TPSA) is 18.5 Å². The molecule has 0 amide bonds. The van der Waals surface area contributed by atoms with E-state index in [2.05, 4.69) is 45.0 Å². The highest BCUT2D eigenvalue weighted by molar-refractivity contribution is 5.14. The van der Waals surface area contributed by atoms with Crippen LogP contribution in [0, 0.1) is 5.41 Å². The lowest BCUT2D eigenvalue weighted by molar-refractivity contribution is -0.213. The molecule has 2 heteroatoms. The lowest BCUT2D eigenvalue weighted by Gasteiger charge is -2.34. The molecule has 0 aromatic heterocycles. The van der Waals surface area contributed by atoms with Crippen molar-refractivity contribution in [2.24, 2.45) is 5.41 Å². The molecule has 2 aromatic rings. The lowest BCUT2D eigenvalue weighted by Crippen LogP contribution is -2.34. The molecule has 0 unspecified atom stereocenters. The van der Waals surface area contributed by atoms with Gasteiger partial charge in [-0.25, -0.2) is 0 Å². The van der Waals surface area contributed by atoms with E-state index < -0.39 is 0 Å². The van der Waals surface area contributed by atoms with E-state index in [1.165, 1.54) is 11.1 Å². The maximum absolute atomic E-state index is 6.15. The Bertz CT molecular complexity index is 505. The Hall–Kier alpha value is -1.64. The first-order valence-corrected chi connectivity index (χ1v) is 8.43. The first-order chi connectivity index (χ1) is 11.1. The molecule has 0 radical (unpaired) electrons. The summed E-state index contributed by atoms with van der Waals surface area (Å²) >= 11 is 0. The minimum absolute atomic E-state index is 0.0156. The zero-order chi connectivity index (χ0) is 16.5. The summed E-state index contributed by atoms with van der Waals surface area (Å²) in [6, 6.07) is 20.5. The van der Waals surface area contributed by atoms with Crippen LogP contribution < -0.4 is 0 Å². The van der Waals surface area contributed by atoms with E-state index in [1.807, 2.05) is 36.4 Å². The van der Waals surface area contributed by atoms with Crippen molar-refractivity contribution in [3.05, 3.63) is 71.8 Å². The molecule has 0 saturated heterocycles. The molecule has 0 aliphatic rings. The number of benzene rings is 2. The summed E-state index contributed by atoms with van der Waals surface area (Å²) in [7, 11) is 0. The molecule has 2 nitrogen and oxygen atoms in total. The van der Waals surface area contributed by atoms with Crippen LogP contribution >= 0.6 is 0 Å². The normalized spacial score (nSPS) is 11.8. The van der Waals surface area contributed by atoms with Gasteiger partial charge in [-0.05, 0) is 17.5 Å². The van der Waals surface area contributed by atoms with Gasteiger partial charge >= 0.3 is 0 Å². The molecule has 2 rings (SSSR count). The van der Waals surface area contributed by atoms with Crippen LogP contribution in [-0.2, 0) is 22.7 Å². The van der Waals surface area contributed by atoms with Crippen LogP contribution in [0.1, 0.15) is 44.7 Å². The monoisotopic (exact) mass is 312 g/mol. The number of ether oxygens (including phenoxy) is 2. The Morgan fingerprint density at radius 1 is 0.783 bits per heavy atom. The summed E-state index contributed by atoms with van der Waals surface area (Å²) in [6.45, 7) is 7.79.